The third-order valence-corrected chi connectivity index (χ3v) is 4.49. The Morgan fingerprint density at radius 2 is 1.85 bits per heavy atom. The molecule has 1 aliphatic heterocycles. The molecular weight excluding hydrogens is 356 g/mol. The lowest BCUT2D eigenvalue weighted by Gasteiger charge is -2.13. The summed E-state index contributed by atoms with van der Waals surface area (Å²) in [4.78, 5) is 36.7. The van der Waals surface area contributed by atoms with Crippen LogP contribution in [-0.4, -0.2) is 22.7 Å². The van der Waals surface area contributed by atoms with E-state index in [1.807, 2.05) is 6.92 Å². The predicted octanol–water partition coefficient (Wildman–Crippen LogP) is 4.23. The van der Waals surface area contributed by atoms with E-state index in [0.717, 1.165) is 16.7 Å². The molecule has 0 aliphatic carbocycles. The molecule has 26 heavy (non-hydrogen) atoms. The molecule has 1 heterocycles. The minimum atomic E-state index is -0.525. The summed E-state index contributed by atoms with van der Waals surface area (Å²) in [5.41, 5.74) is 0.567. The number of nitro groups is 1. The van der Waals surface area contributed by atoms with Gasteiger partial charge in [0.15, 0.2) is 0 Å². The number of thioether (sulfide) groups is 1. The lowest BCUT2D eigenvalue weighted by atomic mass is 10.1. The number of amides is 2. The predicted molar refractivity (Wildman–Crippen MR) is 99.2 cm³/mol. The summed E-state index contributed by atoms with van der Waals surface area (Å²) in [5, 5.41) is 10.7. The molecule has 0 saturated carbocycles. The van der Waals surface area contributed by atoms with Crippen molar-refractivity contribution in [1.82, 2.24) is 0 Å². The number of carbonyl (C=O) groups is 2. The summed E-state index contributed by atoms with van der Waals surface area (Å²) in [5.74, 6) is 0.126. The van der Waals surface area contributed by atoms with Crippen molar-refractivity contribution in [3.05, 3.63) is 69.1 Å². The molecule has 0 aromatic heterocycles. The molecule has 7 nitrogen and oxygen atoms in total. The molecule has 0 N–H and O–H groups in total. The van der Waals surface area contributed by atoms with Crippen molar-refractivity contribution in [1.29, 1.82) is 0 Å². The lowest BCUT2D eigenvalue weighted by Crippen LogP contribution is -2.27. The van der Waals surface area contributed by atoms with Crippen LogP contribution in [0.2, 0.25) is 0 Å². The molecule has 1 aliphatic rings. The topological polar surface area (TPSA) is 89.8 Å². The van der Waals surface area contributed by atoms with E-state index in [1.165, 1.54) is 18.2 Å². The van der Waals surface area contributed by atoms with Gasteiger partial charge in [-0.3, -0.25) is 19.7 Å². The smallest absolute Gasteiger partial charge is 0.298 e. The van der Waals surface area contributed by atoms with Gasteiger partial charge in [-0.15, -0.1) is 0 Å². The van der Waals surface area contributed by atoms with E-state index in [0.29, 0.717) is 18.0 Å². The summed E-state index contributed by atoms with van der Waals surface area (Å²) in [7, 11) is 0. The Morgan fingerprint density at radius 3 is 2.50 bits per heavy atom. The molecule has 0 atom stereocenters. The SMILES string of the molecule is CCOc1ccc(N2C(=O)S/C(=C\c3ccccc3[N+](=O)[O-])C2=O)cc1. The highest BCUT2D eigenvalue weighted by Crippen LogP contribution is 2.37. The zero-order valence-corrected chi connectivity index (χ0v) is 14.6. The molecule has 0 unspecified atom stereocenters. The maximum absolute atomic E-state index is 12.6. The quantitative estimate of drug-likeness (QED) is 0.444. The number of anilines is 1. The van der Waals surface area contributed by atoms with Crippen LogP contribution >= 0.6 is 11.8 Å². The molecule has 0 spiro atoms. The summed E-state index contributed by atoms with van der Waals surface area (Å²) in [6.07, 6.45) is 1.37. The lowest BCUT2D eigenvalue weighted by molar-refractivity contribution is -0.385. The van der Waals surface area contributed by atoms with Crippen LogP contribution in [0.5, 0.6) is 5.75 Å². The van der Waals surface area contributed by atoms with Crippen molar-refractivity contribution in [3.63, 3.8) is 0 Å². The summed E-state index contributed by atoms with van der Waals surface area (Å²) < 4.78 is 5.34. The van der Waals surface area contributed by atoms with Gasteiger partial charge in [0, 0.05) is 6.07 Å². The molecular formula is C18H14N2O5S. The van der Waals surface area contributed by atoms with Crippen LogP contribution in [0.1, 0.15) is 12.5 Å². The first-order valence-electron chi connectivity index (χ1n) is 7.75. The van der Waals surface area contributed by atoms with Gasteiger partial charge < -0.3 is 4.74 Å². The van der Waals surface area contributed by atoms with E-state index in [1.54, 1.807) is 36.4 Å². The van der Waals surface area contributed by atoms with Gasteiger partial charge in [-0.2, -0.15) is 0 Å². The molecule has 132 valence electrons. The van der Waals surface area contributed by atoms with Crippen molar-refractivity contribution in [2.45, 2.75) is 6.92 Å². The van der Waals surface area contributed by atoms with Crippen LogP contribution < -0.4 is 9.64 Å². The average Bonchev–Trinajstić information content (AvgIpc) is 2.90. The summed E-state index contributed by atoms with van der Waals surface area (Å²) in [6, 6.07) is 12.6. The summed E-state index contributed by atoms with van der Waals surface area (Å²) in [6.45, 7) is 2.37. The minimum absolute atomic E-state index is 0.125. The van der Waals surface area contributed by atoms with Gasteiger partial charge in [0.05, 0.1) is 27.7 Å². The highest BCUT2D eigenvalue weighted by molar-refractivity contribution is 8.19. The average molecular weight is 370 g/mol. The number of hydrogen-bond acceptors (Lipinski definition) is 6. The van der Waals surface area contributed by atoms with Gasteiger partial charge in [-0.05, 0) is 55.1 Å². The van der Waals surface area contributed by atoms with Crippen molar-refractivity contribution in [2.24, 2.45) is 0 Å². The molecule has 3 rings (SSSR count). The third-order valence-electron chi connectivity index (χ3n) is 3.62. The Morgan fingerprint density at radius 1 is 1.15 bits per heavy atom. The van der Waals surface area contributed by atoms with Gasteiger partial charge in [-0.1, -0.05) is 12.1 Å². The molecule has 2 amide bonds. The first-order chi connectivity index (χ1) is 12.5. The van der Waals surface area contributed by atoms with Gasteiger partial charge in [0.25, 0.3) is 16.8 Å². The molecule has 0 bridgehead atoms. The Hall–Kier alpha value is -3.13. The molecule has 8 heteroatoms. The zero-order valence-electron chi connectivity index (χ0n) is 13.7. The Balaban J connectivity index is 1.91. The van der Waals surface area contributed by atoms with E-state index < -0.39 is 16.1 Å². The Bertz CT molecular complexity index is 908. The van der Waals surface area contributed by atoms with Gasteiger partial charge >= 0.3 is 0 Å². The number of benzene rings is 2. The monoisotopic (exact) mass is 370 g/mol. The van der Waals surface area contributed by atoms with Crippen LogP contribution in [0.4, 0.5) is 16.2 Å². The van der Waals surface area contributed by atoms with Crippen molar-refractivity contribution >= 4 is 40.4 Å². The fraction of sp³-hybridized carbons (Fsp3) is 0.111. The van der Waals surface area contributed by atoms with Gasteiger partial charge in [-0.25, -0.2) is 4.90 Å². The van der Waals surface area contributed by atoms with Crippen LogP contribution in [0.25, 0.3) is 6.08 Å². The van der Waals surface area contributed by atoms with Crippen LogP contribution in [0.15, 0.2) is 53.4 Å². The summed E-state index contributed by atoms with van der Waals surface area (Å²) >= 11 is 0.751. The zero-order chi connectivity index (χ0) is 18.7. The molecule has 2 aromatic carbocycles. The highest BCUT2D eigenvalue weighted by Gasteiger charge is 2.36. The van der Waals surface area contributed by atoms with Crippen molar-refractivity contribution in [3.8, 4) is 5.75 Å². The normalized spacial score (nSPS) is 15.6. The van der Waals surface area contributed by atoms with Crippen LogP contribution in [0.3, 0.4) is 0 Å². The maximum Gasteiger partial charge on any atom is 0.298 e. The van der Waals surface area contributed by atoms with E-state index in [-0.39, 0.29) is 16.2 Å². The Kier molecular flexibility index (Phi) is 5.04. The van der Waals surface area contributed by atoms with Gasteiger partial charge in [0.2, 0.25) is 0 Å². The number of para-hydroxylation sites is 1. The van der Waals surface area contributed by atoms with Crippen LogP contribution in [0, 0.1) is 10.1 Å². The molecule has 1 saturated heterocycles. The first-order valence-corrected chi connectivity index (χ1v) is 8.57. The van der Waals surface area contributed by atoms with E-state index in [9.17, 15) is 19.7 Å². The standard InChI is InChI=1S/C18H14N2O5S/c1-2-25-14-9-7-13(8-10-14)19-17(21)16(26-18(19)22)11-12-5-3-4-6-15(12)20(23)24/h3-11H,2H2,1H3/b16-11-. The van der Waals surface area contributed by atoms with Crippen molar-refractivity contribution in [2.75, 3.05) is 11.5 Å². The minimum Gasteiger partial charge on any atom is -0.494 e. The fourth-order valence-corrected chi connectivity index (χ4v) is 3.30. The molecule has 2 aromatic rings. The van der Waals surface area contributed by atoms with E-state index in [4.69, 9.17) is 4.74 Å². The van der Waals surface area contributed by atoms with Crippen molar-refractivity contribution < 1.29 is 19.2 Å². The second kappa shape index (κ2) is 7.40. The first kappa shape index (κ1) is 17.7. The van der Waals surface area contributed by atoms with Gasteiger partial charge in [0.1, 0.15) is 5.75 Å². The van der Waals surface area contributed by atoms with E-state index in [2.05, 4.69) is 0 Å². The number of nitrogens with zero attached hydrogens (tertiary/aromatic N) is 2. The Labute approximate surface area is 153 Å². The third kappa shape index (κ3) is 3.45. The highest BCUT2D eigenvalue weighted by atomic mass is 32.2. The maximum atomic E-state index is 12.6. The number of nitro benzene ring substituents is 1. The second-order valence-electron chi connectivity index (χ2n) is 5.26. The number of imide groups is 1. The number of ether oxygens (including phenoxy) is 1. The van der Waals surface area contributed by atoms with Crippen LogP contribution in [-0.2, 0) is 4.79 Å². The molecule has 0 radical (unpaired) electrons. The number of hydrogen-bond donors (Lipinski definition) is 0. The molecule has 1 fully saturated rings. The number of carbonyl (C=O) groups excluding carboxylic acids is 2. The second-order valence-corrected chi connectivity index (χ2v) is 6.25. The fourth-order valence-electron chi connectivity index (χ4n) is 2.47. The number of rotatable bonds is 5. The largest absolute Gasteiger partial charge is 0.494 e. The van der Waals surface area contributed by atoms with E-state index >= 15 is 0 Å².